The Hall–Kier alpha value is -0.640. The highest BCUT2D eigenvalue weighted by Gasteiger charge is 2.07. The predicted molar refractivity (Wildman–Crippen MR) is 66.0 cm³/mol. The van der Waals surface area contributed by atoms with E-state index in [1.807, 2.05) is 7.05 Å². The van der Waals surface area contributed by atoms with Gasteiger partial charge < -0.3 is 10.6 Å². The van der Waals surface area contributed by atoms with Crippen LogP contribution in [-0.2, 0) is 6.54 Å². The molecule has 90 valence electrons. The van der Waals surface area contributed by atoms with Crippen LogP contribution in [-0.4, -0.2) is 25.0 Å². The van der Waals surface area contributed by atoms with Crippen LogP contribution < -0.4 is 5.73 Å². The zero-order chi connectivity index (χ0) is 12.1. The molecule has 0 amide bonds. The summed E-state index contributed by atoms with van der Waals surface area (Å²) in [6.07, 6.45) is 0. The second kappa shape index (κ2) is 6.18. The van der Waals surface area contributed by atoms with Crippen LogP contribution in [0.15, 0.2) is 18.2 Å². The lowest BCUT2D eigenvalue weighted by atomic mass is 10.1. The fraction of sp³-hybridized carbons (Fsp3) is 0.500. The van der Waals surface area contributed by atoms with Gasteiger partial charge in [-0.25, -0.2) is 4.39 Å². The number of benzene rings is 1. The standard InChI is InChI=1S/C12H18ClFN2/c1-9(6-15)7-16(2)8-10-3-4-12(14)11(13)5-10/h3-5,9H,6-8,15H2,1-2H3. The first-order chi connectivity index (χ1) is 7.52. The molecule has 1 rings (SSSR count). The fourth-order valence-electron chi connectivity index (χ4n) is 1.62. The van der Waals surface area contributed by atoms with Crippen molar-refractivity contribution in [3.63, 3.8) is 0 Å². The molecule has 0 aliphatic carbocycles. The molecule has 2 N–H and O–H groups in total. The summed E-state index contributed by atoms with van der Waals surface area (Å²) >= 11 is 5.72. The first kappa shape index (κ1) is 13.4. The van der Waals surface area contributed by atoms with Gasteiger partial charge in [-0.1, -0.05) is 24.6 Å². The molecule has 0 saturated carbocycles. The van der Waals surface area contributed by atoms with Crippen molar-refractivity contribution >= 4 is 11.6 Å². The Kier molecular flexibility index (Phi) is 5.19. The van der Waals surface area contributed by atoms with Crippen LogP contribution in [0.5, 0.6) is 0 Å². The first-order valence-electron chi connectivity index (χ1n) is 5.35. The Labute approximate surface area is 101 Å². The molecule has 16 heavy (non-hydrogen) atoms. The van der Waals surface area contributed by atoms with Crippen molar-refractivity contribution in [2.24, 2.45) is 11.7 Å². The van der Waals surface area contributed by atoms with Gasteiger partial charge in [-0.3, -0.25) is 0 Å². The lowest BCUT2D eigenvalue weighted by Gasteiger charge is -2.20. The number of hydrogen-bond acceptors (Lipinski definition) is 2. The molecular formula is C12H18ClFN2. The highest BCUT2D eigenvalue weighted by atomic mass is 35.5. The minimum atomic E-state index is -0.372. The number of rotatable bonds is 5. The number of nitrogens with zero attached hydrogens (tertiary/aromatic N) is 1. The second-order valence-electron chi connectivity index (χ2n) is 4.29. The number of halogens is 2. The molecule has 4 heteroatoms. The van der Waals surface area contributed by atoms with Crippen LogP contribution in [0, 0.1) is 11.7 Å². The molecule has 0 heterocycles. The average Bonchev–Trinajstić information content (AvgIpc) is 2.23. The van der Waals surface area contributed by atoms with Crippen molar-refractivity contribution in [2.45, 2.75) is 13.5 Å². The van der Waals surface area contributed by atoms with Crippen LogP contribution in [0.2, 0.25) is 5.02 Å². The van der Waals surface area contributed by atoms with Crippen LogP contribution in [0.4, 0.5) is 4.39 Å². The van der Waals surface area contributed by atoms with Gasteiger partial charge in [0.15, 0.2) is 0 Å². The van der Waals surface area contributed by atoms with Crippen molar-refractivity contribution in [3.8, 4) is 0 Å². The molecule has 0 fully saturated rings. The maximum atomic E-state index is 12.9. The average molecular weight is 245 g/mol. The third-order valence-electron chi connectivity index (χ3n) is 2.46. The van der Waals surface area contributed by atoms with Gasteiger partial charge in [-0.05, 0) is 37.2 Å². The number of hydrogen-bond donors (Lipinski definition) is 1. The SMILES string of the molecule is CC(CN)CN(C)Cc1ccc(F)c(Cl)c1. The van der Waals surface area contributed by atoms with Gasteiger partial charge in [0, 0.05) is 13.1 Å². The van der Waals surface area contributed by atoms with E-state index in [1.54, 1.807) is 12.1 Å². The molecule has 2 nitrogen and oxygen atoms in total. The third-order valence-corrected chi connectivity index (χ3v) is 2.75. The monoisotopic (exact) mass is 244 g/mol. The quantitative estimate of drug-likeness (QED) is 0.863. The van der Waals surface area contributed by atoms with Gasteiger partial charge in [0.25, 0.3) is 0 Å². The van der Waals surface area contributed by atoms with E-state index in [4.69, 9.17) is 17.3 Å². The maximum Gasteiger partial charge on any atom is 0.141 e. The molecule has 1 unspecified atom stereocenters. The van der Waals surface area contributed by atoms with E-state index in [0.29, 0.717) is 12.5 Å². The molecule has 0 spiro atoms. The van der Waals surface area contributed by atoms with Gasteiger partial charge in [0.1, 0.15) is 5.82 Å². The largest absolute Gasteiger partial charge is 0.330 e. The Morgan fingerprint density at radius 1 is 1.50 bits per heavy atom. The molecular weight excluding hydrogens is 227 g/mol. The van der Waals surface area contributed by atoms with Gasteiger partial charge >= 0.3 is 0 Å². The highest BCUT2D eigenvalue weighted by Crippen LogP contribution is 2.17. The van der Waals surface area contributed by atoms with Gasteiger partial charge in [0.05, 0.1) is 5.02 Å². The van der Waals surface area contributed by atoms with E-state index in [2.05, 4.69) is 11.8 Å². The summed E-state index contributed by atoms with van der Waals surface area (Å²) < 4.78 is 12.9. The Morgan fingerprint density at radius 3 is 2.75 bits per heavy atom. The van der Waals surface area contributed by atoms with Crippen molar-refractivity contribution in [3.05, 3.63) is 34.6 Å². The summed E-state index contributed by atoms with van der Waals surface area (Å²) in [5.74, 6) is 0.0873. The molecule has 0 aromatic heterocycles. The summed E-state index contributed by atoms with van der Waals surface area (Å²) in [7, 11) is 2.02. The molecule has 0 aliphatic heterocycles. The van der Waals surface area contributed by atoms with Crippen LogP contribution in [0.3, 0.4) is 0 Å². The molecule has 0 saturated heterocycles. The third kappa shape index (κ3) is 4.08. The lowest BCUT2D eigenvalue weighted by Crippen LogP contribution is -2.28. The zero-order valence-corrected chi connectivity index (χ0v) is 10.5. The molecule has 1 aromatic carbocycles. The van der Waals surface area contributed by atoms with Crippen LogP contribution in [0.1, 0.15) is 12.5 Å². The Bertz CT molecular complexity index is 344. The van der Waals surface area contributed by atoms with Crippen molar-refractivity contribution in [1.29, 1.82) is 0 Å². The van der Waals surface area contributed by atoms with Gasteiger partial charge in [0.2, 0.25) is 0 Å². The van der Waals surface area contributed by atoms with Crippen molar-refractivity contribution in [1.82, 2.24) is 4.90 Å². The Balaban J connectivity index is 2.56. The summed E-state index contributed by atoms with van der Waals surface area (Å²) in [5, 5.41) is 0.178. The second-order valence-corrected chi connectivity index (χ2v) is 4.69. The van der Waals surface area contributed by atoms with E-state index in [0.717, 1.165) is 18.7 Å². The van der Waals surface area contributed by atoms with Gasteiger partial charge in [-0.15, -0.1) is 0 Å². The van der Waals surface area contributed by atoms with E-state index in [1.165, 1.54) is 6.07 Å². The zero-order valence-electron chi connectivity index (χ0n) is 9.71. The Morgan fingerprint density at radius 2 is 2.19 bits per heavy atom. The normalized spacial score (nSPS) is 13.1. The number of nitrogens with two attached hydrogens (primary N) is 1. The topological polar surface area (TPSA) is 29.3 Å². The van der Waals surface area contributed by atoms with E-state index >= 15 is 0 Å². The molecule has 0 bridgehead atoms. The summed E-state index contributed by atoms with van der Waals surface area (Å²) in [6.45, 7) is 4.46. The maximum absolute atomic E-state index is 12.9. The van der Waals surface area contributed by atoms with E-state index in [-0.39, 0.29) is 10.8 Å². The molecule has 1 atom stereocenters. The fourth-order valence-corrected chi connectivity index (χ4v) is 1.82. The minimum Gasteiger partial charge on any atom is -0.330 e. The van der Waals surface area contributed by atoms with Crippen LogP contribution in [0.25, 0.3) is 0 Å². The molecule has 0 aliphatic rings. The summed E-state index contributed by atoms with van der Waals surface area (Å²) in [5.41, 5.74) is 6.57. The summed E-state index contributed by atoms with van der Waals surface area (Å²) in [4.78, 5) is 2.15. The molecule has 1 aromatic rings. The van der Waals surface area contributed by atoms with E-state index in [9.17, 15) is 4.39 Å². The predicted octanol–water partition coefficient (Wildman–Crippen LogP) is 2.51. The van der Waals surface area contributed by atoms with Crippen molar-refractivity contribution in [2.75, 3.05) is 20.1 Å². The first-order valence-corrected chi connectivity index (χ1v) is 5.73. The highest BCUT2D eigenvalue weighted by molar-refractivity contribution is 6.30. The van der Waals surface area contributed by atoms with Crippen LogP contribution >= 0.6 is 11.6 Å². The minimum absolute atomic E-state index is 0.178. The lowest BCUT2D eigenvalue weighted by molar-refractivity contribution is 0.282. The molecule has 0 radical (unpaired) electrons. The smallest absolute Gasteiger partial charge is 0.141 e. The van der Waals surface area contributed by atoms with E-state index < -0.39 is 0 Å². The van der Waals surface area contributed by atoms with Gasteiger partial charge in [-0.2, -0.15) is 0 Å². The van der Waals surface area contributed by atoms with Crippen molar-refractivity contribution < 1.29 is 4.39 Å². The summed E-state index contributed by atoms with van der Waals surface area (Å²) in [6, 6.07) is 4.82.